The van der Waals surface area contributed by atoms with Crippen molar-refractivity contribution in [1.29, 1.82) is 0 Å². The van der Waals surface area contributed by atoms with E-state index in [0.717, 1.165) is 35.3 Å². The predicted molar refractivity (Wildman–Crippen MR) is 103 cm³/mol. The number of nitrogens with zero attached hydrogens (tertiary/aromatic N) is 1. The topological polar surface area (TPSA) is 90.9 Å². The molecule has 1 aliphatic rings. The maximum absolute atomic E-state index is 13.0. The normalized spacial score (nSPS) is 12.6. The number of methoxy groups -OCH3 is 1. The number of rotatable bonds is 5. The van der Waals surface area contributed by atoms with Crippen LogP contribution in [-0.2, 0) is 22.4 Å². The third kappa shape index (κ3) is 4.27. The van der Waals surface area contributed by atoms with Crippen molar-refractivity contribution in [2.75, 3.05) is 37.0 Å². The Kier molecular flexibility index (Phi) is 6.05. The molecular formula is C20H23N3O4. The standard InChI is InChI=1S/C20H23N3O4/c1-27-20(26)22-16-9-8-15-7-6-14-4-2-3-5-17(14)23(18(15)12-16)19(25)13-21-10-11-24/h2-5,8-9,12,21,24H,6-7,10-11,13H2,1H3,(H,22,26). The predicted octanol–water partition coefficient (Wildman–Crippen LogP) is 2.21. The highest BCUT2D eigenvalue weighted by Gasteiger charge is 2.26. The van der Waals surface area contributed by atoms with Crippen molar-refractivity contribution in [2.45, 2.75) is 12.8 Å². The van der Waals surface area contributed by atoms with Crippen molar-refractivity contribution in [1.82, 2.24) is 5.32 Å². The first-order valence-electron chi connectivity index (χ1n) is 8.84. The smallest absolute Gasteiger partial charge is 0.411 e. The van der Waals surface area contributed by atoms with Gasteiger partial charge in [0.25, 0.3) is 0 Å². The van der Waals surface area contributed by atoms with Gasteiger partial charge >= 0.3 is 6.09 Å². The number of carbonyl (C=O) groups excluding carboxylic acids is 2. The van der Waals surface area contributed by atoms with Gasteiger partial charge in [0.1, 0.15) is 0 Å². The molecule has 0 spiro atoms. The van der Waals surface area contributed by atoms with Crippen molar-refractivity contribution in [2.24, 2.45) is 0 Å². The van der Waals surface area contributed by atoms with Crippen LogP contribution in [0.15, 0.2) is 42.5 Å². The van der Waals surface area contributed by atoms with E-state index in [1.165, 1.54) is 7.11 Å². The van der Waals surface area contributed by atoms with Gasteiger partial charge in [-0.1, -0.05) is 24.3 Å². The van der Waals surface area contributed by atoms with Gasteiger partial charge in [-0.25, -0.2) is 4.79 Å². The molecule has 3 rings (SSSR count). The van der Waals surface area contributed by atoms with E-state index in [4.69, 9.17) is 5.11 Å². The van der Waals surface area contributed by atoms with Crippen LogP contribution in [0.25, 0.3) is 0 Å². The number of aryl methyl sites for hydroxylation is 2. The highest BCUT2D eigenvalue weighted by Crippen LogP contribution is 2.37. The molecule has 142 valence electrons. The Labute approximate surface area is 157 Å². The first kappa shape index (κ1) is 18.9. The molecule has 0 radical (unpaired) electrons. The molecule has 1 heterocycles. The number of para-hydroxylation sites is 1. The highest BCUT2D eigenvalue weighted by molar-refractivity contribution is 6.04. The molecule has 0 fully saturated rings. The van der Waals surface area contributed by atoms with Crippen LogP contribution in [0.4, 0.5) is 21.9 Å². The number of hydrogen-bond acceptors (Lipinski definition) is 5. The summed E-state index contributed by atoms with van der Waals surface area (Å²) in [4.78, 5) is 26.3. The zero-order valence-corrected chi connectivity index (χ0v) is 15.2. The molecule has 7 nitrogen and oxygen atoms in total. The van der Waals surface area contributed by atoms with Crippen molar-refractivity contribution in [3.05, 3.63) is 53.6 Å². The molecule has 0 atom stereocenters. The van der Waals surface area contributed by atoms with Gasteiger partial charge in [-0.05, 0) is 42.2 Å². The van der Waals surface area contributed by atoms with Gasteiger partial charge < -0.3 is 15.2 Å². The summed E-state index contributed by atoms with van der Waals surface area (Å²) in [5, 5.41) is 14.5. The number of nitrogens with one attached hydrogen (secondary N) is 2. The lowest BCUT2D eigenvalue weighted by Crippen LogP contribution is -2.36. The molecule has 1 aliphatic heterocycles. The third-order valence-corrected chi connectivity index (χ3v) is 4.47. The lowest BCUT2D eigenvalue weighted by molar-refractivity contribution is -0.117. The Morgan fingerprint density at radius 2 is 1.85 bits per heavy atom. The number of carbonyl (C=O) groups is 2. The summed E-state index contributed by atoms with van der Waals surface area (Å²) in [6.07, 6.45) is 1.05. The molecule has 2 amide bonds. The van der Waals surface area contributed by atoms with Gasteiger partial charge in [0.05, 0.1) is 31.6 Å². The summed E-state index contributed by atoms with van der Waals surface area (Å²) in [7, 11) is 1.30. The van der Waals surface area contributed by atoms with Gasteiger partial charge in [-0.3, -0.25) is 15.0 Å². The minimum atomic E-state index is -0.563. The second-order valence-corrected chi connectivity index (χ2v) is 6.22. The molecular weight excluding hydrogens is 346 g/mol. The Hall–Kier alpha value is -2.90. The molecule has 0 bridgehead atoms. The van der Waals surface area contributed by atoms with E-state index in [-0.39, 0.29) is 19.1 Å². The lowest BCUT2D eigenvalue weighted by atomic mass is 10.0. The highest BCUT2D eigenvalue weighted by atomic mass is 16.5. The van der Waals surface area contributed by atoms with Gasteiger partial charge in [-0.15, -0.1) is 0 Å². The Bertz CT molecular complexity index is 838. The monoisotopic (exact) mass is 369 g/mol. The number of anilines is 3. The molecule has 27 heavy (non-hydrogen) atoms. The van der Waals surface area contributed by atoms with Crippen LogP contribution in [0.2, 0.25) is 0 Å². The molecule has 7 heteroatoms. The van der Waals surface area contributed by atoms with Crippen LogP contribution >= 0.6 is 0 Å². The second-order valence-electron chi connectivity index (χ2n) is 6.22. The van der Waals surface area contributed by atoms with Gasteiger partial charge in [0, 0.05) is 12.2 Å². The molecule has 0 saturated carbocycles. The maximum atomic E-state index is 13.0. The molecule has 0 aromatic heterocycles. The van der Waals surface area contributed by atoms with Crippen LogP contribution in [0, 0.1) is 0 Å². The quantitative estimate of drug-likeness (QED) is 0.703. The number of hydrogen-bond donors (Lipinski definition) is 3. The first-order chi connectivity index (χ1) is 13.1. The van der Waals surface area contributed by atoms with E-state index in [2.05, 4.69) is 15.4 Å². The van der Waals surface area contributed by atoms with Crippen molar-refractivity contribution >= 4 is 29.1 Å². The largest absolute Gasteiger partial charge is 0.453 e. The first-order valence-corrected chi connectivity index (χ1v) is 8.84. The van der Waals surface area contributed by atoms with Gasteiger partial charge in [-0.2, -0.15) is 0 Å². The number of aliphatic hydroxyl groups excluding tert-OH is 1. The van der Waals surface area contributed by atoms with Crippen molar-refractivity contribution in [3.63, 3.8) is 0 Å². The molecule has 2 aromatic rings. The van der Waals surface area contributed by atoms with E-state index in [1.54, 1.807) is 17.0 Å². The molecule has 2 aromatic carbocycles. The fourth-order valence-electron chi connectivity index (χ4n) is 3.19. The average molecular weight is 369 g/mol. The Morgan fingerprint density at radius 1 is 1.11 bits per heavy atom. The summed E-state index contributed by atoms with van der Waals surface area (Å²) >= 11 is 0. The fraction of sp³-hybridized carbons (Fsp3) is 0.300. The van der Waals surface area contributed by atoms with E-state index in [1.807, 2.05) is 30.3 Å². The van der Waals surface area contributed by atoms with Crippen molar-refractivity contribution < 1.29 is 19.4 Å². The van der Waals surface area contributed by atoms with Gasteiger partial charge in [0.15, 0.2) is 0 Å². The van der Waals surface area contributed by atoms with E-state index >= 15 is 0 Å². The van der Waals surface area contributed by atoms with Crippen LogP contribution in [0.3, 0.4) is 0 Å². The second kappa shape index (κ2) is 8.66. The Balaban J connectivity index is 2.02. The molecule has 0 aliphatic carbocycles. The number of fused-ring (bicyclic) bond motifs is 2. The van der Waals surface area contributed by atoms with E-state index in [0.29, 0.717) is 12.2 Å². The molecule has 3 N–H and O–H groups in total. The van der Waals surface area contributed by atoms with E-state index < -0.39 is 6.09 Å². The van der Waals surface area contributed by atoms with Crippen LogP contribution in [0.5, 0.6) is 0 Å². The number of benzene rings is 2. The minimum absolute atomic E-state index is 0.0341. The average Bonchev–Trinajstić information content (AvgIpc) is 2.84. The van der Waals surface area contributed by atoms with E-state index in [9.17, 15) is 9.59 Å². The van der Waals surface area contributed by atoms with Crippen LogP contribution < -0.4 is 15.5 Å². The minimum Gasteiger partial charge on any atom is -0.453 e. The maximum Gasteiger partial charge on any atom is 0.411 e. The summed E-state index contributed by atoms with van der Waals surface area (Å²) in [6, 6.07) is 13.3. The molecule has 0 saturated heterocycles. The van der Waals surface area contributed by atoms with Crippen LogP contribution in [-0.4, -0.2) is 43.9 Å². The number of ether oxygens (including phenoxy) is 1. The van der Waals surface area contributed by atoms with Crippen molar-refractivity contribution in [3.8, 4) is 0 Å². The fourth-order valence-corrected chi connectivity index (χ4v) is 3.19. The summed E-state index contributed by atoms with van der Waals surface area (Å²) < 4.78 is 4.65. The number of aliphatic hydroxyl groups is 1. The lowest BCUT2D eigenvalue weighted by Gasteiger charge is -2.25. The zero-order valence-electron chi connectivity index (χ0n) is 15.2. The number of amides is 2. The third-order valence-electron chi connectivity index (χ3n) is 4.47. The van der Waals surface area contributed by atoms with Gasteiger partial charge in [0.2, 0.25) is 5.91 Å². The van der Waals surface area contributed by atoms with Crippen LogP contribution in [0.1, 0.15) is 11.1 Å². The Morgan fingerprint density at radius 3 is 2.59 bits per heavy atom. The zero-order chi connectivity index (χ0) is 19.2. The summed E-state index contributed by atoms with van der Waals surface area (Å²) in [5.74, 6) is -0.130. The molecule has 0 unspecified atom stereocenters. The summed E-state index contributed by atoms with van der Waals surface area (Å²) in [6.45, 7) is 0.411. The summed E-state index contributed by atoms with van der Waals surface area (Å²) in [5.41, 5.74) is 4.25. The SMILES string of the molecule is COC(=O)Nc1ccc2c(c1)N(C(=O)CNCCO)c1ccccc1CC2.